The van der Waals surface area contributed by atoms with Crippen molar-refractivity contribution in [2.24, 2.45) is 11.7 Å². The molecule has 1 aliphatic rings. The molecule has 8 heteroatoms. The van der Waals surface area contributed by atoms with Gasteiger partial charge in [-0.25, -0.2) is 4.98 Å². The molecule has 3 amide bonds. The van der Waals surface area contributed by atoms with Crippen LogP contribution in [0.4, 0.5) is 11.5 Å². The van der Waals surface area contributed by atoms with Gasteiger partial charge in [-0.2, -0.15) is 0 Å². The third kappa shape index (κ3) is 6.04. The van der Waals surface area contributed by atoms with Crippen LogP contribution in [0.25, 0.3) is 0 Å². The van der Waals surface area contributed by atoms with E-state index < -0.39 is 0 Å². The molecule has 2 heterocycles. The first kappa shape index (κ1) is 21.3. The van der Waals surface area contributed by atoms with E-state index in [1.807, 2.05) is 29.2 Å². The molecule has 0 radical (unpaired) electrons. The summed E-state index contributed by atoms with van der Waals surface area (Å²) in [6.07, 6.45) is 4.15. The Balaban J connectivity index is 1.40. The van der Waals surface area contributed by atoms with Crippen LogP contribution in [0.5, 0.6) is 0 Å². The summed E-state index contributed by atoms with van der Waals surface area (Å²) in [4.78, 5) is 41.9. The van der Waals surface area contributed by atoms with Gasteiger partial charge in [-0.05, 0) is 43.5 Å². The number of rotatable bonds is 8. The molecule has 1 saturated heterocycles. The molecule has 30 heavy (non-hydrogen) atoms. The average molecular weight is 409 g/mol. The van der Waals surface area contributed by atoms with Crippen molar-refractivity contribution in [3.8, 4) is 0 Å². The zero-order valence-corrected chi connectivity index (χ0v) is 16.8. The molecule has 0 bridgehead atoms. The van der Waals surface area contributed by atoms with Crippen molar-refractivity contribution in [3.63, 3.8) is 0 Å². The van der Waals surface area contributed by atoms with Crippen LogP contribution >= 0.6 is 0 Å². The molecule has 4 N–H and O–H groups in total. The van der Waals surface area contributed by atoms with Gasteiger partial charge in [-0.3, -0.25) is 14.4 Å². The van der Waals surface area contributed by atoms with Crippen LogP contribution in [0.3, 0.4) is 0 Å². The van der Waals surface area contributed by atoms with Crippen LogP contribution in [0.2, 0.25) is 0 Å². The lowest BCUT2D eigenvalue weighted by Gasteiger charge is -2.32. The maximum absolute atomic E-state index is 12.1. The number of carbonyl (C=O) groups excluding carboxylic acids is 3. The van der Waals surface area contributed by atoms with Gasteiger partial charge in [-0.1, -0.05) is 18.2 Å². The monoisotopic (exact) mass is 409 g/mol. The molecule has 1 aromatic carbocycles. The highest BCUT2D eigenvalue weighted by molar-refractivity contribution is 5.94. The summed E-state index contributed by atoms with van der Waals surface area (Å²) < 4.78 is 0. The van der Waals surface area contributed by atoms with Crippen molar-refractivity contribution in [1.29, 1.82) is 0 Å². The Kier molecular flexibility index (Phi) is 7.37. The Morgan fingerprint density at radius 2 is 1.93 bits per heavy atom. The number of hydrogen-bond acceptors (Lipinski definition) is 5. The number of nitrogens with one attached hydrogen (secondary N) is 2. The molecule has 0 saturated carbocycles. The second kappa shape index (κ2) is 10.4. The Morgan fingerprint density at radius 1 is 1.13 bits per heavy atom. The number of carbonyl (C=O) groups is 3. The minimum absolute atomic E-state index is 0.134. The number of nitrogens with two attached hydrogens (primary N) is 1. The van der Waals surface area contributed by atoms with E-state index in [1.54, 1.807) is 24.4 Å². The zero-order valence-electron chi connectivity index (χ0n) is 16.8. The summed E-state index contributed by atoms with van der Waals surface area (Å²) in [6.45, 7) is 1.83. The summed E-state index contributed by atoms with van der Waals surface area (Å²) in [6, 6.07) is 12.6. The van der Waals surface area contributed by atoms with E-state index in [0.29, 0.717) is 37.2 Å². The number of pyridine rings is 1. The highest BCUT2D eigenvalue weighted by atomic mass is 16.2. The van der Waals surface area contributed by atoms with E-state index in [0.717, 1.165) is 25.2 Å². The number of primary amides is 1. The number of nitrogens with zero attached hydrogens (tertiary/aromatic N) is 2. The Morgan fingerprint density at radius 3 is 2.63 bits per heavy atom. The minimum Gasteiger partial charge on any atom is -0.369 e. The van der Waals surface area contributed by atoms with E-state index in [-0.39, 0.29) is 23.6 Å². The average Bonchev–Trinajstić information content (AvgIpc) is 2.78. The lowest BCUT2D eigenvalue weighted by Crippen LogP contribution is -2.41. The Labute approximate surface area is 175 Å². The van der Waals surface area contributed by atoms with Crippen molar-refractivity contribution < 1.29 is 14.4 Å². The molecule has 0 aliphatic carbocycles. The zero-order chi connectivity index (χ0) is 21.3. The topological polar surface area (TPSA) is 117 Å². The molecule has 1 fully saturated rings. The van der Waals surface area contributed by atoms with Gasteiger partial charge in [-0.15, -0.1) is 0 Å². The molecule has 1 unspecified atom stereocenters. The minimum atomic E-state index is -0.274. The van der Waals surface area contributed by atoms with Gasteiger partial charge in [0.1, 0.15) is 5.82 Å². The van der Waals surface area contributed by atoms with E-state index in [2.05, 4.69) is 15.6 Å². The number of benzene rings is 1. The van der Waals surface area contributed by atoms with Crippen LogP contribution < -0.4 is 21.3 Å². The first-order valence-electron chi connectivity index (χ1n) is 10.2. The predicted molar refractivity (Wildman–Crippen MR) is 115 cm³/mol. The largest absolute Gasteiger partial charge is 0.369 e. The predicted octanol–water partition coefficient (Wildman–Crippen LogP) is 1.93. The molecule has 2 aromatic rings. The van der Waals surface area contributed by atoms with Crippen LogP contribution in [-0.2, 0) is 9.59 Å². The SMILES string of the molecule is NC(=O)C1CCCN(c2ccc(NC(=O)CCCNC(=O)c3ccccc3)cn2)C1. The molecular weight excluding hydrogens is 382 g/mol. The van der Waals surface area contributed by atoms with Crippen molar-refractivity contribution in [3.05, 3.63) is 54.2 Å². The maximum Gasteiger partial charge on any atom is 0.251 e. The Hall–Kier alpha value is -3.42. The van der Waals surface area contributed by atoms with Gasteiger partial charge >= 0.3 is 0 Å². The molecular formula is C22H27N5O3. The van der Waals surface area contributed by atoms with Crippen molar-refractivity contribution in [2.45, 2.75) is 25.7 Å². The second-order valence-corrected chi connectivity index (χ2v) is 7.37. The van der Waals surface area contributed by atoms with E-state index >= 15 is 0 Å². The van der Waals surface area contributed by atoms with Crippen LogP contribution in [0.15, 0.2) is 48.7 Å². The van der Waals surface area contributed by atoms with Gasteiger partial charge in [0.15, 0.2) is 0 Å². The number of hydrogen-bond donors (Lipinski definition) is 3. The number of amides is 3. The van der Waals surface area contributed by atoms with Crippen molar-refractivity contribution >= 4 is 29.2 Å². The lowest BCUT2D eigenvalue weighted by molar-refractivity contribution is -0.122. The first-order valence-corrected chi connectivity index (χ1v) is 10.2. The lowest BCUT2D eigenvalue weighted by atomic mass is 9.97. The number of aromatic nitrogens is 1. The van der Waals surface area contributed by atoms with Crippen LogP contribution in [0, 0.1) is 5.92 Å². The summed E-state index contributed by atoms with van der Waals surface area (Å²) in [5.74, 6) is 0.0609. The molecule has 1 aromatic heterocycles. The molecule has 158 valence electrons. The third-order valence-corrected chi connectivity index (χ3v) is 5.08. The quantitative estimate of drug-likeness (QED) is 0.576. The van der Waals surface area contributed by atoms with E-state index in [9.17, 15) is 14.4 Å². The molecule has 1 atom stereocenters. The highest BCUT2D eigenvalue weighted by Crippen LogP contribution is 2.22. The highest BCUT2D eigenvalue weighted by Gasteiger charge is 2.24. The smallest absolute Gasteiger partial charge is 0.251 e. The number of piperidine rings is 1. The van der Waals surface area contributed by atoms with Gasteiger partial charge in [0.05, 0.1) is 17.8 Å². The van der Waals surface area contributed by atoms with Gasteiger partial charge < -0.3 is 21.3 Å². The standard InChI is InChI=1S/C22H27N5O3/c23-21(29)17-8-5-13-27(15-17)19-11-10-18(14-25-19)26-20(28)9-4-12-24-22(30)16-6-2-1-3-7-16/h1-3,6-7,10-11,14,17H,4-5,8-9,12-13,15H2,(H2,23,29)(H,24,30)(H,26,28). The van der Waals surface area contributed by atoms with Crippen LogP contribution in [0.1, 0.15) is 36.0 Å². The fourth-order valence-electron chi connectivity index (χ4n) is 3.43. The normalized spacial score (nSPS) is 16.0. The fraction of sp³-hybridized carbons (Fsp3) is 0.364. The second-order valence-electron chi connectivity index (χ2n) is 7.37. The first-order chi connectivity index (χ1) is 14.5. The summed E-state index contributed by atoms with van der Waals surface area (Å²) in [5.41, 5.74) is 6.64. The fourth-order valence-corrected chi connectivity index (χ4v) is 3.43. The summed E-state index contributed by atoms with van der Waals surface area (Å²) in [5, 5.41) is 5.62. The van der Waals surface area contributed by atoms with Gasteiger partial charge in [0, 0.05) is 31.6 Å². The van der Waals surface area contributed by atoms with Gasteiger partial charge in [0.2, 0.25) is 11.8 Å². The van der Waals surface area contributed by atoms with E-state index in [1.165, 1.54) is 0 Å². The summed E-state index contributed by atoms with van der Waals surface area (Å²) in [7, 11) is 0. The van der Waals surface area contributed by atoms with E-state index in [4.69, 9.17) is 5.73 Å². The van der Waals surface area contributed by atoms with Crippen molar-refractivity contribution in [1.82, 2.24) is 10.3 Å². The molecule has 8 nitrogen and oxygen atoms in total. The number of anilines is 2. The van der Waals surface area contributed by atoms with Crippen LogP contribution in [-0.4, -0.2) is 42.3 Å². The third-order valence-electron chi connectivity index (χ3n) is 5.08. The maximum atomic E-state index is 12.1. The summed E-state index contributed by atoms with van der Waals surface area (Å²) >= 11 is 0. The molecule has 0 spiro atoms. The Bertz CT molecular complexity index is 870. The molecule has 1 aliphatic heterocycles. The van der Waals surface area contributed by atoms with Gasteiger partial charge in [0.25, 0.3) is 5.91 Å². The molecule has 3 rings (SSSR count). The van der Waals surface area contributed by atoms with Crippen molar-refractivity contribution in [2.75, 3.05) is 29.9 Å².